The first kappa shape index (κ1) is 12.6. The minimum atomic E-state index is -3.55. The lowest BCUT2D eigenvalue weighted by Crippen LogP contribution is -2.11. The van der Waals surface area contributed by atoms with Crippen molar-refractivity contribution in [1.29, 1.82) is 0 Å². The Morgan fingerprint density at radius 3 is 2.56 bits per heavy atom. The average molecular weight is 246 g/mol. The highest BCUT2D eigenvalue weighted by molar-refractivity contribution is 7.92. The summed E-state index contributed by atoms with van der Waals surface area (Å²) < 4.78 is 37.1. The summed E-state index contributed by atoms with van der Waals surface area (Å²) in [5.41, 5.74) is 0.262. The average Bonchev–Trinajstić information content (AvgIpc) is 2.18. The van der Waals surface area contributed by atoms with Gasteiger partial charge in [0.2, 0.25) is 10.0 Å². The summed E-state index contributed by atoms with van der Waals surface area (Å²) in [5.74, 6) is -0.702. The number of benzene rings is 1. The monoisotopic (exact) mass is 246 g/mol. The molecule has 0 heterocycles. The maximum atomic E-state index is 13.2. The molecule has 0 radical (unpaired) electrons. The second kappa shape index (κ2) is 4.56. The number of nitrogens with zero attached hydrogens (tertiary/aromatic N) is 1. The van der Waals surface area contributed by atoms with Crippen LogP contribution in [0.15, 0.2) is 23.4 Å². The van der Waals surface area contributed by atoms with Crippen molar-refractivity contribution in [3.63, 3.8) is 0 Å². The number of hydrogen-bond acceptors (Lipinski definition) is 4. The number of hydrogen-bond donors (Lipinski definition) is 1. The van der Waals surface area contributed by atoms with Crippen molar-refractivity contribution in [3.8, 4) is 0 Å². The summed E-state index contributed by atoms with van der Waals surface area (Å²) in [6, 6.07) is 3.07. The van der Waals surface area contributed by atoms with E-state index in [2.05, 4.69) is 5.18 Å². The Hall–Kier alpha value is -1.50. The number of anilines is 1. The molecule has 1 aromatic carbocycles. The molecule has 0 amide bonds. The molecular weight excluding hydrogens is 235 g/mol. The highest BCUT2D eigenvalue weighted by Crippen LogP contribution is 2.23. The highest BCUT2D eigenvalue weighted by atomic mass is 32.2. The van der Waals surface area contributed by atoms with Crippen molar-refractivity contribution in [1.82, 2.24) is 0 Å². The Morgan fingerprint density at radius 1 is 1.44 bits per heavy atom. The lowest BCUT2D eigenvalue weighted by Gasteiger charge is -2.08. The van der Waals surface area contributed by atoms with Crippen LogP contribution in [0.5, 0.6) is 0 Å². The van der Waals surface area contributed by atoms with E-state index in [9.17, 15) is 17.7 Å². The predicted molar refractivity (Wildman–Crippen MR) is 59.1 cm³/mol. The molecule has 0 aromatic heterocycles. The van der Waals surface area contributed by atoms with E-state index in [1.165, 1.54) is 19.1 Å². The number of nitroso groups, excluding NO2 is 1. The summed E-state index contributed by atoms with van der Waals surface area (Å²) in [4.78, 5) is 10.3. The van der Waals surface area contributed by atoms with Gasteiger partial charge in [0.15, 0.2) is 0 Å². The molecule has 0 aliphatic carbocycles. The minimum absolute atomic E-state index is 0.185. The first-order valence-electron chi connectivity index (χ1n) is 4.43. The summed E-state index contributed by atoms with van der Waals surface area (Å²) in [5, 5.41) is 2.78. The first-order valence-corrected chi connectivity index (χ1v) is 6.32. The molecule has 0 spiro atoms. The molecule has 0 fully saturated rings. The molecule has 0 aliphatic rings. The Bertz CT molecular complexity index is 501. The molecule has 0 bridgehead atoms. The molecule has 1 rings (SSSR count). The topological polar surface area (TPSA) is 75.6 Å². The van der Waals surface area contributed by atoms with Crippen LogP contribution in [0, 0.1) is 10.7 Å². The van der Waals surface area contributed by atoms with Gasteiger partial charge < -0.3 is 0 Å². The smallest absolute Gasteiger partial charge is 0.229 e. The number of rotatable bonds is 4. The highest BCUT2D eigenvalue weighted by Gasteiger charge is 2.11. The van der Waals surface area contributed by atoms with Crippen LogP contribution < -0.4 is 4.72 Å². The van der Waals surface area contributed by atoms with E-state index < -0.39 is 21.9 Å². The number of sulfonamides is 1. The van der Waals surface area contributed by atoms with Crippen LogP contribution in [0.25, 0.3) is 0 Å². The van der Waals surface area contributed by atoms with E-state index in [4.69, 9.17) is 0 Å². The zero-order valence-electron chi connectivity index (χ0n) is 8.77. The summed E-state index contributed by atoms with van der Waals surface area (Å²) in [6.07, 6.45) is 0.917. The largest absolute Gasteiger partial charge is 0.281 e. The Balaban J connectivity index is 3.13. The molecule has 1 N–H and O–H groups in total. The fourth-order valence-electron chi connectivity index (χ4n) is 1.14. The van der Waals surface area contributed by atoms with Crippen molar-refractivity contribution < 1.29 is 12.8 Å². The molecule has 16 heavy (non-hydrogen) atoms. The maximum Gasteiger partial charge on any atom is 0.229 e. The van der Waals surface area contributed by atoms with Gasteiger partial charge in [-0.2, -0.15) is 4.91 Å². The van der Waals surface area contributed by atoms with Gasteiger partial charge in [-0.05, 0) is 24.6 Å². The molecule has 1 unspecified atom stereocenters. The third kappa shape index (κ3) is 3.27. The van der Waals surface area contributed by atoms with Gasteiger partial charge in [-0.25, -0.2) is 12.8 Å². The van der Waals surface area contributed by atoms with Gasteiger partial charge in [0.1, 0.15) is 11.9 Å². The Kier molecular flexibility index (Phi) is 3.58. The van der Waals surface area contributed by atoms with Gasteiger partial charge in [-0.1, -0.05) is 11.2 Å². The van der Waals surface area contributed by atoms with Crippen LogP contribution in [-0.4, -0.2) is 14.7 Å². The summed E-state index contributed by atoms with van der Waals surface area (Å²) in [6.45, 7) is 1.53. The van der Waals surface area contributed by atoms with E-state index in [-0.39, 0.29) is 5.69 Å². The van der Waals surface area contributed by atoms with Crippen molar-refractivity contribution in [2.45, 2.75) is 13.0 Å². The number of halogens is 1. The normalized spacial score (nSPS) is 13.2. The fraction of sp³-hybridized carbons (Fsp3) is 0.333. The van der Waals surface area contributed by atoms with Gasteiger partial charge in [-0.3, -0.25) is 4.72 Å². The van der Waals surface area contributed by atoms with E-state index in [1.807, 2.05) is 4.72 Å². The predicted octanol–water partition coefficient (Wildman–Crippen LogP) is 2.02. The molecule has 0 saturated carbocycles. The standard InChI is InChI=1S/C9H11FN2O3S/c1-6(11-13)7-3-4-8(10)9(5-7)12-16(2,14)15/h3-6,12H,1-2H3. The van der Waals surface area contributed by atoms with Crippen molar-refractivity contribution in [2.24, 2.45) is 5.18 Å². The van der Waals surface area contributed by atoms with Crippen LogP contribution in [0.1, 0.15) is 18.5 Å². The van der Waals surface area contributed by atoms with Gasteiger partial charge in [-0.15, -0.1) is 0 Å². The van der Waals surface area contributed by atoms with Crippen molar-refractivity contribution in [3.05, 3.63) is 34.5 Å². The SMILES string of the molecule is CC(N=O)c1ccc(F)c(NS(C)(=O)=O)c1. The lowest BCUT2D eigenvalue weighted by molar-refractivity contribution is 0.603. The molecular formula is C9H11FN2O3S. The number of nitrogens with one attached hydrogen (secondary N) is 1. The van der Waals surface area contributed by atoms with Crippen LogP contribution in [-0.2, 0) is 10.0 Å². The third-order valence-electron chi connectivity index (χ3n) is 1.93. The van der Waals surface area contributed by atoms with Gasteiger partial charge in [0.05, 0.1) is 11.9 Å². The Morgan fingerprint density at radius 2 is 2.06 bits per heavy atom. The zero-order chi connectivity index (χ0) is 12.3. The molecule has 1 atom stereocenters. The molecule has 5 nitrogen and oxygen atoms in total. The zero-order valence-corrected chi connectivity index (χ0v) is 9.58. The molecule has 0 saturated heterocycles. The van der Waals surface area contributed by atoms with E-state index in [0.29, 0.717) is 5.56 Å². The molecule has 1 aromatic rings. The van der Waals surface area contributed by atoms with Gasteiger partial charge >= 0.3 is 0 Å². The second-order valence-corrected chi connectivity index (χ2v) is 5.14. The minimum Gasteiger partial charge on any atom is -0.281 e. The van der Waals surface area contributed by atoms with Crippen LogP contribution in [0.4, 0.5) is 10.1 Å². The van der Waals surface area contributed by atoms with Gasteiger partial charge in [0, 0.05) is 0 Å². The molecule has 0 aliphatic heterocycles. The van der Waals surface area contributed by atoms with Crippen molar-refractivity contribution >= 4 is 15.7 Å². The Labute approximate surface area is 92.7 Å². The molecule has 7 heteroatoms. The maximum absolute atomic E-state index is 13.2. The van der Waals surface area contributed by atoms with E-state index >= 15 is 0 Å². The summed E-state index contributed by atoms with van der Waals surface area (Å²) >= 11 is 0. The van der Waals surface area contributed by atoms with E-state index in [0.717, 1.165) is 12.3 Å². The lowest BCUT2D eigenvalue weighted by atomic mass is 10.1. The fourth-order valence-corrected chi connectivity index (χ4v) is 1.70. The quantitative estimate of drug-likeness (QED) is 0.826. The second-order valence-electron chi connectivity index (χ2n) is 3.39. The van der Waals surface area contributed by atoms with E-state index in [1.54, 1.807) is 0 Å². The summed E-state index contributed by atoms with van der Waals surface area (Å²) in [7, 11) is -3.55. The first-order chi connectivity index (χ1) is 7.33. The third-order valence-corrected chi connectivity index (χ3v) is 2.52. The molecule has 88 valence electrons. The van der Waals surface area contributed by atoms with Gasteiger partial charge in [0.25, 0.3) is 0 Å². The van der Waals surface area contributed by atoms with Crippen LogP contribution >= 0.6 is 0 Å². The van der Waals surface area contributed by atoms with Crippen LogP contribution in [0.3, 0.4) is 0 Å². The van der Waals surface area contributed by atoms with Crippen molar-refractivity contribution in [2.75, 3.05) is 11.0 Å². The van der Waals surface area contributed by atoms with Crippen LogP contribution in [0.2, 0.25) is 0 Å².